The standard InChI is InChI=1S/C9H8O2.C9H12O2/c10-9-3-1-2-7-4-5-11-6-8(7)9;10-7-9(11)6-8-4-2-1-3-5-8/h1-5,10H,6H2;1-5,9-11H,6-7H2. The summed E-state index contributed by atoms with van der Waals surface area (Å²) >= 11 is 0. The summed E-state index contributed by atoms with van der Waals surface area (Å²) in [6.07, 6.45) is 3.38. The number of fused-ring (bicyclic) bond motifs is 1. The van der Waals surface area contributed by atoms with Crippen molar-refractivity contribution in [3.8, 4) is 5.75 Å². The first-order chi connectivity index (χ1) is 10.7. The second-order valence-corrected chi connectivity index (χ2v) is 4.98. The van der Waals surface area contributed by atoms with Gasteiger partial charge in [0.25, 0.3) is 0 Å². The first-order valence-corrected chi connectivity index (χ1v) is 7.12. The zero-order valence-corrected chi connectivity index (χ0v) is 12.2. The number of aliphatic hydroxyl groups excluding tert-OH is 2. The van der Waals surface area contributed by atoms with Crippen molar-refractivity contribution >= 4 is 6.08 Å². The van der Waals surface area contributed by atoms with Gasteiger partial charge in [-0.3, -0.25) is 0 Å². The minimum atomic E-state index is -0.627. The molecule has 4 heteroatoms. The van der Waals surface area contributed by atoms with Gasteiger partial charge in [0.15, 0.2) is 0 Å². The largest absolute Gasteiger partial charge is 0.508 e. The van der Waals surface area contributed by atoms with Crippen LogP contribution >= 0.6 is 0 Å². The molecule has 1 aliphatic heterocycles. The van der Waals surface area contributed by atoms with Crippen LogP contribution in [-0.4, -0.2) is 28.0 Å². The Morgan fingerprint density at radius 1 is 1.05 bits per heavy atom. The van der Waals surface area contributed by atoms with Crippen LogP contribution in [0.1, 0.15) is 16.7 Å². The van der Waals surface area contributed by atoms with E-state index < -0.39 is 6.10 Å². The van der Waals surface area contributed by atoms with Crippen LogP contribution in [-0.2, 0) is 17.8 Å². The number of phenolic OH excluding ortho intramolecular Hbond substituents is 1. The van der Waals surface area contributed by atoms with E-state index in [4.69, 9.17) is 14.9 Å². The van der Waals surface area contributed by atoms with Crippen LogP contribution in [0.25, 0.3) is 6.08 Å². The molecule has 1 heterocycles. The van der Waals surface area contributed by atoms with E-state index >= 15 is 0 Å². The van der Waals surface area contributed by atoms with E-state index in [0.717, 1.165) is 16.7 Å². The molecule has 3 N–H and O–H groups in total. The van der Waals surface area contributed by atoms with E-state index in [9.17, 15) is 5.11 Å². The molecule has 0 amide bonds. The Morgan fingerprint density at radius 2 is 1.82 bits per heavy atom. The molecule has 0 aromatic heterocycles. The van der Waals surface area contributed by atoms with Crippen molar-refractivity contribution in [1.82, 2.24) is 0 Å². The predicted octanol–water partition coefficient (Wildman–Crippen LogP) is 2.48. The Hall–Kier alpha value is -2.30. The molecule has 0 fully saturated rings. The normalized spacial score (nSPS) is 13.4. The van der Waals surface area contributed by atoms with Crippen molar-refractivity contribution in [3.05, 3.63) is 71.5 Å². The Labute approximate surface area is 129 Å². The van der Waals surface area contributed by atoms with E-state index in [-0.39, 0.29) is 6.61 Å². The van der Waals surface area contributed by atoms with Crippen molar-refractivity contribution in [2.24, 2.45) is 0 Å². The molecule has 0 saturated carbocycles. The highest BCUT2D eigenvalue weighted by molar-refractivity contribution is 5.58. The van der Waals surface area contributed by atoms with Crippen molar-refractivity contribution in [3.63, 3.8) is 0 Å². The van der Waals surface area contributed by atoms with Gasteiger partial charge in [-0.2, -0.15) is 0 Å². The third-order valence-electron chi connectivity index (χ3n) is 3.28. The molecule has 1 aliphatic rings. The third kappa shape index (κ3) is 4.62. The van der Waals surface area contributed by atoms with Gasteiger partial charge in [0.1, 0.15) is 12.4 Å². The maximum atomic E-state index is 9.34. The van der Waals surface area contributed by atoms with Gasteiger partial charge in [-0.15, -0.1) is 0 Å². The summed E-state index contributed by atoms with van der Waals surface area (Å²) in [6, 6.07) is 15.1. The van der Waals surface area contributed by atoms with Gasteiger partial charge >= 0.3 is 0 Å². The highest BCUT2D eigenvalue weighted by Crippen LogP contribution is 2.25. The molecule has 22 heavy (non-hydrogen) atoms. The second-order valence-electron chi connectivity index (χ2n) is 4.98. The molecule has 2 aromatic carbocycles. The highest BCUT2D eigenvalue weighted by atomic mass is 16.5. The van der Waals surface area contributed by atoms with Crippen LogP contribution in [0.15, 0.2) is 54.8 Å². The minimum Gasteiger partial charge on any atom is -0.508 e. The maximum Gasteiger partial charge on any atom is 0.122 e. The lowest BCUT2D eigenvalue weighted by atomic mass is 10.1. The molecule has 0 bridgehead atoms. The fraction of sp³-hybridized carbons (Fsp3) is 0.222. The number of ether oxygens (including phenoxy) is 1. The number of phenols is 1. The Morgan fingerprint density at radius 3 is 2.50 bits per heavy atom. The zero-order chi connectivity index (χ0) is 15.8. The first kappa shape index (κ1) is 16.1. The Balaban J connectivity index is 0.000000160. The Bertz CT molecular complexity index is 608. The molecule has 0 saturated heterocycles. The van der Waals surface area contributed by atoms with Crippen molar-refractivity contribution < 1.29 is 20.1 Å². The molecular weight excluding hydrogens is 280 g/mol. The zero-order valence-electron chi connectivity index (χ0n) is 12.2. The van der Waals surface area contributed by atoms with Crippen LogP contribution in [0.3, 0.4) is 0 Å². The van der Waals surface area contributed by atoms with E-state index in [1.54, 1.807) is 12.3 Å². The molecular formula is C18H20O4. The van der Waals surface area contributed by atoms with Gasteiger partial charge in [-0.1, -0.05) is 42.5 Å². The monoisotopic (exact) mass is 300 g/mol. The summed E-state index contributed by atoms with van der Waals surface area (Å²) in [6.45, 7) is 0.299. The van der Waals surface area contributed by atoms with E-state index in [1.807, 2.05) is 48.5 Å². The molecule has 1 unspecified atom stereocenters. The van der Waals surface area contributed by atoms with Crippen LogP contribution in [0.5, 0.6) is 5.75 Å². The van der Waals surface area contributed by atoms with E-state index in [1.165, 1.54) is 0 Å². The van der Waals surface area contributed by atoms with Crippen molar-refractivity contribution in [2.75, 3.05) is 6.61 Å². The predicted molar refractivity (Wildman–Crippen MR) is 85.2 cm³/mol. The number of benzene rings is 2. The number of rotatable bonds is 3. The van der Waals surface area contributed by atoms with E-state index in [2.05, 4.69) is 0 Å². The lowest BCUT2D eigenvalue weighted by Crippen LogP contribution is -2.14. The second kappa shape index (κ2) is 8.22. The number of hydrogen-bond acceptors (Lipinski definition) is 4. The van der Waals surface area contributed by atoms with Crippen LogP contribution in [0, 0.1) is 0 Å². The highest BCUT2D eigenvalue weighted by Gasteiger charge is 2.08. The molecule has 4 nitrogen and oxygen atoms in total. The fourth-order valence-corrected chi connectivity index (χ4v) is 2.11. The van der Waals surface area contributed by atoms with Crippen LogP contribution in [0.4, 0.5) is 0 Å². The SMILES string of the molecule is OCC(O)Cc1ccccc1.Oc1cccc2c1COC=C2. The van der Waals surface area contributed by atoms with Crippen molar-refractivity contribution in [2.45, 2.75) is 19.1 Å². The summed E-state index contributed by atoms with van der Waals surface area (Å²) in [7, 11) is 0. The first-order valence-electron chi connectivity index (χ1n) is 7.12. The summed E-state index contributed by atoms with van der Waals surface area (Å²) < 4.78 is 5.04. The van der Waals surface area contributed by atoms with Crippen LogP contribution in [0.2, 0.25) is 0 Å². The minimum absolute atomic E-state index is 0.172. The lowest BCUT2D eigenvalue weighted by molar-refractivity contribution is 0.0955. The molecule has 1 atom stereocenters. The molecule has 0 radical (unpaired) electrons. The van der Waals surface area contributed by atoms with Gasteiger partial charge in [-0.05, 0) is 23.3 Å². The molecule has 2 aromatic rings. The molecule has 3 rings (SSSR count). The maximum absolute atomic E-state index is 9.34. The van der Waals surface area contributed by atoms with Gasteiger partial charge in [0, 0.05) is 12.0 Å². The smallest absolute Gasteiger partial charge is 0.122 e. The average molecular weight is 300 g/mol. The number of aliphatic hydroxyl groups is 2. The van der Waals surface area contributed by atoms with Crippen LogP contribution < -0.4 is 0 Å². The molecule has 0 aliphatic carbocycles. The molecule has 116 valence electrons. The van der Waals surface area contributed by atoms with Crippen molar-refractivity contribution in [1.29, 1.82) is 0 Å². The summed E-state index contributed by atoms with van der Waals surface area (Å²) in [5.41, 5.74) is 2.96. The summed E-state index contributed by atoms with van der Waals surface area (Å²) in [5.74, 6) is 0.312. The summed E-state index contributed by atoms with van der Waals surface area (Å²) in [4.78, 5) is 0. The van der Waals surface area contributed by atoms with Gasteiger partial charge in [0.05, 0.1) is 19.0 Å². The van der Waals surface area contributed by atoms with Gasteiger partial charge in [-0.25, -0.2) is 0 Å². The third-order valence-corrected chi connectivity index (χ3v) is 3.28. The number of hydrogen-bond donors (Lipinski definition) is 3. The van der Waals surface area contributed by atoms with E-state index in [0.29, 0.717) is 18.8 Å². The summed E-state index contributed by atoms with van der Waals surface area (Å²) in [5, 5.41) is 26.9. The van der Waals surface area contributed by atoms with Gasteiger partial charge in [0.2, 0.25) is 0 Å². The topological polar surface area (TPSA) is 69.9 Å². The quantitative estimate of drug-likeness (QED) is 0.814. The number of aromatic hydroxyl groups is 1. The fourth-order valence-electron chi connectivity index (χ4n) is 2.11. The Kier molecular flexibility index (Phi) is 6.01. The molecule has 0 spiro atoms. The van der Waals surface area contributed by atoms with Gasteiger partial charge < -0.3 is 20.1 Å². The lowest BCUT2D eigenvalue weighted by Gasteiger charge is -2.11. The average Bonchev–Trinajstić information content (AvgIpc) is 2.57.